The first-order chi connectivity index (χ1) is 13.2. The summed E-state index contributed by atoms with van der Waals surface area (Å²) in [7, 11) is 0. The number of para-hydroxylation sites is 1. The normalized spacial score (nSPS) is 10.7. The molecular formula is C21H17NO5S. The predicted octanol–water partition coefficient (Wildman–Crippen LogP) is 3.93. The smallest absolute Gasteiger partial charge is 0.338 e. The highest BCUT2D eigenvalue weighted by atomic mass is 32.1. The number of carbonyl (C=O) groups is 2. The van der Waals surface area contributed by atoms with Crippen molar-refractivity contribution in [3.63, 3.8) is 0 Å². The molecule has 3 aromatic rings. The van der Waals surface area contributed by atoms with Gasteiger partial charge in [-0.2, -0.15) is 0 Å². The van der Waals surface area contributed by atoms with Gasteiger partial charge in [-0.3, -0.25) is 4.79 Å². The molecule has 0 saturated heterocycles. The molecule has 0 aliphatic carbocycles. The third-order valence-corrected chi connectivity index (χ3v) is 4.33. The number of ether oxygens (including phenoxy) is 2. The molecule has 142 valence electrons. The molecule has 0 unspecified atom stereocenters. The first-order valence-electron chi connectivity index (χ1n) is 8.26. The summed E-state index contributed by atoms with van der Waals surface area (Å²) in [4.78, 5) is 40.7. The van der Waals surface area contributed by atoms with Crippen molar-refractivity contribution in [2.24, 2.45) is 0 Å². The third-order valence-electron chi connectivity index (χ3n) is 3.96. The number of nitrogens with one attached hydrogen (secondary N) is 1. The maximum atomic E-state index is 13.1. The Morgan fingerprint density at radius 2 is 1.68 bits per heavy atom. The minimum Gasteiger partial charge on any atom is -0.423 e. The fourth-order valence-electron chi connectivity index (χ4n) is 2.57. The number of H-pyrrole nitrogens is 1. The highest BCUT2D eigenvalue weighted by Crippen LogP contribution is 2.31. The third kappa shape index (κ3) is 3.57. The highest BCUT2D eigenvalue weighted by molar-refractivity contribution is 7.80. The van der Waals surface area contributed by atoms with Gasteiger partial charge in [0.2, 0.25) is 5.43 Å². The second-order valence-electron chi connectivity index (χ2n) is 6.34. The fraction of sp³-hybridized carbons (Fsp3) is 0.0952. The van der Waals surface area contributed by atoms with E-state index in [4.69, 9.17) is 9.47 Å². The molecule has 3 rings (SSSR count). The van der Waals surface area contributed by atoms with Gasteiger partial charge in [0.05, 0.1) is 16.4 Å². The van der Waals surface area contributed by atoms with E-state index < -0.39 is 11.9 Å². The summed E-state index contributed by atoms with van der Waals surface area (Å²) in [6.07, 6.45) is 0. The average molecular weight is 395 g/mol. The fourth-order valence-corrected chi connectivity index (χ4v) is 2.84. The van der Waals surface area contributed by atoms with E-state index in [-0.39, 0.29) is 33.5 Å². The van der Waals surface area contributed by atoms with Crippen LogP contribution in [0.25, 0.3) is 21.8 Å². The Morgan fingerprint density at radius 1 is 1.04 bits per heavy atom. The Labute approximate surface area is 165 Å². The van der Waals surface area contributed by atoms with E-state index >= 15 is 0 Å². The van der Waals surface area contributed by atoms with Crippen LogP contribution in [0, 0.1) is 0 Å². The Bertz CT molecular complexity index is 1240. The van der Waals surface area contributed by atoms with Crippen LogP contribution >= 0.6 is 12.6 Å². The van der Waals surface area contributed by atoms with Crippen LogP contribution in [0.5, 0.6) is 11.5 Å². The number of fused-ring (bicyclic) bond motifs is 2. The summed E-state index contributed by atoms with van der Waals surface area (Å²) in [5.74, 6) is -1.29. The summed E-state index contributed by atoms with van der Waals surface area (Å²) < 4.78 is 10.6. The molecule has 0 bridgehead atoms. The van der Waals surface area contributed by atoms with Crippen molar-refractivity contribution >= 4 is 46.4 Å². The van der Waals surface area contributed by atoms with Crippen LogP contribution in [0.1, 0.15) is 13.8 Å². The zero-order chi connectivity index (χ0) is 20.6. The summed E-state index contributed by atoms with van der Waals surface area (Å²) in [6.45, 7) is 10.1. The van der Waals surface area contributed by atoms with Crippen LogP contribution in [0.2, 0.25) is 0 Å². The molecule has 2 aromatic carbocycles. The Morgan fingerprint density at radius 3 is 2.32 bits per heavy atom. The highest BCUT2D eigenvalue weighted by Gasteiger charge is 2.18. The SMILES string of the molecule is C=C(C)C(=O)Oc1cc(OC(=O)C(=C)C)c2c(=O)c3cccc(S)c3[nH]c2c1. The van der Waals surface area contributed by atoms with Gasteiger partial charge in [0.25, 0.3) is 0 Å². The number of rotatable bonds is 4. The van der Waals surface area contributed by atoms with Crippen molar-refractivity contribution in [1.29, 1.82) is 0 Å². The van der Waals surface area contributed by atoms with E-state index in [2.05, 4.69) is 30.8 Å². The van der Waals surface area contributed by atoms with Crippen LogP contribution in [0.4, 0.5) is 0 Å². The topological polar surface area (TPSA) is 85.5 Å². The molecule has 0 atom stereocenters. The quantitative estimate of drug-likeness (QED) is 0.230. The van der Waals surface area contributed by atoms with Crippen LogP contribution in [0.15, 0.2) is 64.3 Å². The van der Waals surface area contributed by atoms with Crippen LogP contribution in [0.3, 0.4) is 0 Å². The van der Waals surface area contributed by atoms with E-state index in [1.165, 1.54) is 26.0 Å². The monoisotopic (exact) mass is 395 g/mol. The molecule has 28 heavy (non-hydrogen) atoms. The maximum Gasteiger partial charge on any atom is 0.338 e. The van der Waals surface area contributed by atoms with Crippen LogP contribution in [-0.2, 0) is 9.59 Å². The van der Waals surface area contributed by atoms with Crippen molar-refractivity contribution in [3.05, 3.63) is 64.9 Å². The van der Waals surface area contributed by atoms with Crippen LogP contribution < -0.4 is 14.9 Å². The van der Waals surface area contributed by atoms with Crippen molar-refractivity contribution in [2.45, 2.75) is 18.7 Å². The summed E-state index contributed by atoms with van der Waals surface area (Å²) in [6, 6.07) is 7.88. The molecule has 0 aliphatic rings. The number of aromatic amines is 1. The lowest BCUT2D eigenvalue weighted by Gasteiger charge is -2.12. The standard InChI is InChI=1S/C21H17NO5S/c1-10(2)20(24)26-12-8-14-17(15(9-12)27-21(25)11(3)4)19(23)13-6-5-7-16(28)18(13)22-14/h5-9,28H,1,3H2,2,4H3,(H,22,23). The number of esters is 2. The minimum atomic E-state index is -0.702. The molecule has 7 heteroatoms. The Kier molecular flexibility index (Phi) is 5.11. The van der Waals surface area contributed by atoms with Crippen molar-refractivity contribution in [2.75, 3.05) is 0 Å². The number of hydrogen-bond acceptors (Lipinski definition) is 6. The number of benzene rings is 2. The van der Waals surface area contributed by atoms with Gasteiger partial charge in [0.1, 0.15) is 11.5 Å². The number of aromatic nitrogens is 1. The van der Waals surface area contributed by atoms with Gasteiger partial charge in [-0.25, -0.2) is 9.59 Å². The lowest BCUT2D eigenvalue weighted by atomic mass is 10.1. The van der Waals surface area contributed by atoms with Gasteiger partial charge in [-0.15, -0.1) is 12.6 Å². The summed E-state index contributed by atoms with van der Waals surface area (Å²) in [5.41, 5.74) is 0.860. The Balaban J connectivity index is 2.33. The second kappa shape index (κ2) is 7.36. The largest absolute Gasteiger partial charge is 0.423 e. The second-order valence-corrected chi connectivity index (χ2v) is 6.82. The molecule has 1 heterocycles. The summed E-state index contributed by atoms with van der Waals surface area (Å²) >= 11 is 4.38. The molecular weight excluding hydrogens is 378 g/mol. The zero-order valence-electron chi connectivity index (χ0n) is 15.3. The van der Waals surface area contributed by atoms with Gasteiger partial charge < -0.3 is 14.5 Å². The first kappa shape index (κ1) is 19.4. The number of pyridine rings is 1. The maximum absolute atomic E-state index is 13.1. The molecule has 6 nitrogen and oxygen atoms in total. The van der Waals surface area contributed by atoms with Gasteiger partial charge >= 0.3 is 11.9 Å². The first-order valence-corrected chi connectivity index (χ1v) is 8.71. The molecule has 0 fully saturated rings. The van der Waals surface area contributed by atoms with E-state index in [1.807, 2.05) is 0 Å². The van der Waals surface area contributed by atoms with Crippen molar-refractivity contribution in [1.82, 2.24) is 4.98 Å². The molecule has 1 aromatic heterocycles. The summed E-state index contributed by atoms with van der Waals surface area (Å²) in [5, 5.41) is 0.537. The van der Waals surface area contributed by atoms with Crippen molar-refractivity contribution in [3.8, 4) is 11.5 Å². The molecule has 0 aliphatic heterocycles. The molecule has 1 N–H and O–H groups in total. The lowest BCUT2D eigenvalue weighted by molar-refractivity contribution is -0.130. The molecule has 0 radical (unpaired) electrons. The van der Waals surface area contributed by atoms with E-state index in [0.717, 1.165) is 0 Å². The average Bonchev–Trinajstić information content (AvgIpc) is 2.62. The number of carbonyl (C=O) groups excluding carboxylic acids is 2. The van der Waals surface area contributed by atoms with Gasteiger partial charge in [-0.05, 0) is 26.0 Å². The lowest BCUT2D eigenvalue weighted by Crippen LogP contribution is -2.14. The predicted molar refractivity (Wildman–Crippen MR) is 110 cm³/mol. The van der Waals surface area contributed by atoms with Gasteiger partial charge in [0.15, 0.2) is 0 Å². The number of thiol groups is 1. The van der Waals surface area contributed by atoms with Crippen molar-refractivity contribution < 1.29 is 19.1 Å². The van der Waals surface area contributed by atoms with E-state index in [1.54, 1.807) is 18.2 Å². The molecule has 0 saturated carbocycles. The van der Waals surface area contributed by atoms with E-state index in [0.29, 0.717) is 21.3 Å². The van der Waals surface area contributed by atoms with E-state index in [9.17, 15) is 14.4 Å². The minimum absolute atomic E-state index is 0.0391. The number of hydrogen-bond donors (Lipinski definition) is 2. The zero-order valence-corrected chi connectivity index (χ0v) is 16.2. The Hall–Kier alpha value is -3.32. The van der Waals surface area contributed by atoms with Gasteiger partial charge in [-0.1, -0.05) is 19.2 Å². The molecule has 0 amide bonds. The van der Waals surface area contributed by atoms with Crippen LogP contribution in [-0.4, -0.2) is 16.9 Å². The van der Waals surface area contributed by atoms with Gasteiger partial charge in [0, 0.05) is 33.6 Å². The molecule has 0 spiro atoms.